The number of nitrogens with one attached hydrogen (secondary N) is 5. The van der Waals surface area contributed by atoms with Crippen molar-refractivity contribution < 1.29 is 56.8 Å². The van der Waals surface area contributed by atoms with Crippen LogP contribution in [0, 0.1) is 0 Å². The molecule has 1 atom stereocenters. The highest BCUT2D eigenvalue weighted by atomic mass is 19.4. The monoisotopic (exact) mass is 923 g/mol. The molecular weight excluding hydrogens is 868 g/mol. The number of aliphatic carboxylic acids is 1. The van der Waals surface area contributed by atoms with E-state index in [1.165, 1.54) is 12.1 Å². The second-order valence-electron chi connectivity index (χ2n) is 14.2. The summed E-state index contributed by atoms with van der Waals surface area (Å²) < 4.78 is 42.7. The van der Waals surface area contributed by atoms with Crippen LogP contribution in [0.3, 0.4) is 0 Å². The number of phenolic OH excluding ortho intramolecular Hbond substituents is 1. The first-order valence-corrected chi connectivity index (χ1v) is 20.8. The molecule has 0 aliphatic carbocycles. The number of guanidine groups is 1. The Morgan fingerprint density at radius 2 is 1.35 bits per heavy atom. The minimum atomic E-state index is -5.08. The van der Waals surface area contributed by atoms with Crippen molar-refractivity contribution in [2.75, 3.05) is 64.6 Å². The second-order valence-corrected chi connectivity index (χ2v) is 14.2. The Morgan fingerprint density at radius 3 is 1.91 bits per heavy atom. The van der Waals surface area contributed by atoms with Gasteiger partial charge in [0.1, 0.15) is 11.8 Å². The molecule has 356 valence electrons. The fourth-order valence-electron chi connectivity index (χ4n) is 5.84. The van der Waals surface area contributed by atoms with E-state index >= 15 is 0 Å². The number of pyridine rings is 1. The normalized spacial score (nSPS) is 11.6. The molecular formula is C45H56F3N9O9. The van der Waals surface area contributed by atoms with E-state index in [0.29, 0.717) is 45.8 Å². The third-order valence-corrected chi connectivity index (χ3v) is 9.23. The molecule has 21 heteroatoms. The number of halogens is 3. The average Bonchev–Trinajstić information content (AvgIpc) is 3.30. The number of anilines is 1. The lowest BCUT2D eigenvalue weighted by atomic mass is 9.90. The van der Waals surface area contributed by atoms with Crippen LogP contribution in [0.5, 0.6) is 5.75 Å². The van der Waals surface area contributed by atoms with Gasteiger partial charge in [-0.3, -0.25) is 29.7 Å². The Labute approximate surface area is 380 Å². The van der Waals surface area contributed by atoms with Gasteiger partial charge in [-0.15, -0.1) is 0 Å². The minimum Gasteiger partial charge on any atom is -0.508 e. The number of carboxylic acid groups (broad SMARTS) is 1. The Hall–Kier alpha value is -7.26. The van der Waals surface area contributed by atoms with Crippen molar-refractivity contribution in [2.45, 2.75) is 43.9 Å². The smallest absolute Gasteiger partial charge is 0.490 e. The van der Waals surface area contributed by atoms with E-state index < -0.39 is 30.1 Å². The van der Waals surface area contributed by atoms with Gasteiger partial charge in [-0.05, 0) is 53.8 Å². The van der Waals surface area contributed by atoms with Gasteiger partial charge in [0.25, 0.3) is 0 Å². The number of hydrogen-bond donors (Lipinski definition) is 8. The van der Waals surface area contributed by atoms with Crippen molar-refractivity contribution in [1.29, 1.82) is 0 Å². The number of aromatic hydroxyl groups is 1. The lowest BCUT2D eigenvalue weighted by Gasteiger charge is -2.23. The molecule has 0 radical (unpaired) electrons. The lowest BCUT2D eigenvalue weighted by Crippen LogP contribution is -2.48. The molecule has 1 aromatic heterocycles. The number of benzene rings is 3. The topological polar surface area (TPSA) is 259 Å². The summed E-state index contributed by atoms with van der Waals surface area (Å²) in [5.41, 5.74) is 9.28. The molecule has 0 saturated heterocycles. The average molecular weight is 924 g/mol. The molecule has 18 nitrogen and oxygen atoms in total. The number of carboxylic acids is 1. The van der Waals surface area contributed by atoms with Crippen LogP contribution in [0.2, 0.25) is 0 Å². The van der Waals surface area contributed by atoms with Crippen molar-refractivity contribution in [3.8, 4) is 5.75 Å². The number of hydrogen-bond acceptors (Lipinski definition) is 11. The van der Waals surface area contributed by atoms with Gasteiger partial charge in [0.05, 0.1) is 32.3 Å². The summed E-state index contributed by atoms with van der Waals surface area (Å²) in [4.78, 5) is 70.8. The first-order chi connectivity index (χ1) is 31.6. The number of ether oxygens (including phenoxy) is 2. The number of amides is 5. The number of nitrogens with zero attached hydrogens (tertiary/aromatic N) is 3. The third kappa shape index (κ3) is 21.4. The Kier molecular flexibility index (Phi) is 23.5. The Morgan fingerprint density at radius 1 is 0.788 bits per heavy atom. The first-order valence-electron chi connectivity index (χ1n) is 20.8. The van der Waals surface area contributed by atoms with Crippen LogP contribution in [-0.4, -0.2) is 123 Å². The number of aromatic nitrogens is 1. The van der Waals surface area contributed by atoms with Crippen LogP contribution in [0.25, 0.3) is 0 Å². The quantitative estimate of drug-likeness (QED) is 0.0286. The summed E-state index contributed by atoms with van der Waals surface area (Å²) in [7, 11) is 1.92. The van der Waals surface area contributed by atoms with Crippen molar-refractivity contribution >= 4 is 41.4 Å². The van der Waals surface area contributed by atoms with Crippen molar-refractivity contribution in [2.24, 2.45) is 10.7 Å². The van der Waals surface area contributed by atoms with Crippen molar-refractivity contribution in [3.05, 3.63) is 126 Å². The van der Waals surface area contributed by atoms with Crippen LogP contribution in [-0.2, 0) is 35.2 Å². The van der Waals surface area contributed by atoms with E-state index in [-0.39, 0.29) is 62.1 Å². The highest BCUT2D eigenvalue weighted by Gasteiger charge is 2.38. The summed E-state index contributed by atoms with van der Waals surface area (Å²) in [5, 5.41) is 30.5. The molecule has 5 amide bonds. The maximum Gasteiger partial charge on any atom is 0.490 e. The Balaban J connectivity index is 0.00000152. The van der Waals surface area contributed by atoms with Crippen LogP contribution in [0.4, 0.5) is 23.7 Å². The molecule has 0 aliphatic rings. The van der Waals surface area contributed by atoms with E-state index in [9.17, 15) is 37.5 Å². The number of phenols is 1. The molecule has 4 aromatic rings. The maximum absolute atomic E-state index is 13.9. The summed E-state index contributed by atoms with van der Waals surface area (Å²) in [5.74, 6) is -4.16. The van der Waals surface area contributed by atoms with Gasteiger partial charge in [-0.25, -0.2) is 9.59 Å². The van der Waals surface area contributed by atoms with Gasteiger partial charge >= 0.3 is 18.2 Å². The molecule has 3 aromatic carbocycles. The number of rotatable bonds is 24. The highest BCUT2D eigenvalue weighted by Crippen LogP contribution is 2.25. The zero-order chi connectivity index (χ0) is 48.2. The molecule has 0 aliphatic heterocycles. The summed E-state index contributed by atoms with van der Waals surface area (Å²) in [6.45, 7) is 2.80. The van der Waals surface area contributed by atoms with E-state index in [4.69, 9.17) is 25.1 Å². The van der Waals surface area contributed by atoms with Crippen LogP contribution in [0.15, 0.2) is 114 Å². The van der Waals surface area contributed by atoms with Crippen molar-refractivity contribution in [3.63, 3.8) is 0 Å². The zero-order valence-corrected chi connectivity index (χ0v) is 36.3. The first kappa shape index (κ1) is 53.1. The summed E-state index contributed by atoms with van der Waals surface area (Å²) in [6, 6.07) is 27.5. The predicted octanol–water partition coefficient (Wildman–Crippen LogP) is 3.42. The predicted molar refractivity (Wildman–Crippen MR) is 239 cm³/mol. The standard InChI is InChI=1S/C43H55N9O7.C2HF3O2/c1-52(35-18-22-45-23-19-35)26-20-38(54)46-24-27-58-29-30-59-28-25-48-43(57)51-42(44)47-21-8-13-37(40(55)49-31-32-14-16-36(53)17-15-32)50-41(56)39(33-9-4-2-5-10-33)34-11-6-3-7-12-34;3-2(4,5)1(6)7/h2-7,9-12,14-19,22-23,37,39,53H,8,13,20-21,24-31H2,1H3,(H,46,54)(H,49,55)(H,50,56)(H4,44,47,48,51,57);(H,6,7)/t37-;/m1./s1. The fraction of sp³-hybridized carbons (Fsp3) is 0.356. The largest absolute Gasteiger partial charge is 0.508 e. The molecule has 9 N–H and O–H groups in total. The SMILES string of the molecule is CN(CCC(=O)NCCOCCOCCNC(=O)NC(N)=NCCC[C@@H](NC(=O)C(c1ccccc1)c1ccccc1)C(=O)NCc1ccc(O)cc1)c1ccncc1.O=C(O)C(F)(F)F. The number of aliphatic imine (C=N–C) groups is 1. The molecule has 0 fully saturated rings. The lowest BCUT2D eigenvalue weighted by molar-refractivity contribution is -0.192. The van der Waals surface area contributed by atoms with E-state index in [1.54, 1.807) is 24.5 Å². The molecule has 0 bridgehead atoms. The second kappa shape index (κ2) is 29.2. The maximum atomic E-state index is 13.9. The number of nitrogens with two attached hydrogens (primary N) is 1. The fourth-order valence-corrected chi connectivity index (χ4v) is 5.84. The minimum absolute atomic E-state index is 0.0599. The molecule has 0 unspecified atom stereocenters. The summed E-state index contributed by atoms with van der Waals surface area (Å²) >= 11 is 0. The van der Waals surface area contributed by atoms with E-state index in [1.807, 2.05) is 84.7 Å². The van der Waals surface area contributed by atoms with Crippen LogP contribution in [0.1, 0.15) is 41.9 Å². The molecule has 1 heterocycles. The van der Waals surface area contributed by atoms with Crippen LogP contribution >= 0.6 is 0 Å². The van der Waals surface area contributed by atoms with Gasteiger partial charge in [-0.2, -0.15) is 13.2 Å². The molecule has 0 saturated carbocycles. The van der Waals surface area contributed by atoms with Gasteiger partial charge < -0.3 is 51.6 Å². The summed E-state index contributed by atoms with van der Waals surface area (Å²) in [6.07, 6.45) is -0.687. The number of urea groups is 1. The van der Waals surface area contributed by atoms with E-state index in [2.05, 4.69) is 36.6 Å². The number of alkyl halides is 3. The van der Waals surface area contributed by atoms with Gasteiger partial charge in [0.15, 0.2) is 5.96 Å². The van der Waals surface area contributed by atoms with Gasteiger partial charge in [-0.1, -0.05) is 72.8 Å². The number of carbonyl (C=O) groups excluding carboxylic acids is 4. The molecule has 4 rings (SSSR count). The highest BCUT2D eigenvalue weighted by molar-refractivity contribution is 5.95. The zero-order valence-electron chi connectivity index (χ0n) is 36.3. The van der Waals surface area contributed by atoms with Crippen LogP contribution < -0.4 is 37.2 Å². The van der Waals surface area contributed by atoms with Crippen molar-refractivity contribution in [1.82, 2.24) is 31.6 Å². The third-order valence-electron chi connectivity index (χ3n) is 9.23. The van der Waals surface area contributed by atoms with Gasteiger partial charge in [0, 0.05) is 64.3 Å². The van der Waals surface area contributed by atoms with Gasteiger partial charge in [0.2, 0.25) is 17.7 Å². The Bertz CT molecular complexity index is 2060. The molecule has 66 heavy (non-hydrogen) atoms. The molecule has 0 spiro atoms. The number of carbonyl (C=O) groups is 5. The van der Waals surface area contributed by atoms with E-state index in [0.717, 1.165) is 22.4 Å².